The van der Waals surface area contributed by atoms with Crippen LogP contribution in [0.1, 0.15) is 61.0 Å². The number of nitrogens with zero attached hydrogens (tertiary/aromatic N) is 2. The fraction of sp³-hybridized carbons (Fsp3) is 0.261. The molecule has 0 amide bonds. The second-order valence-electron chi connectivity index (χ2n) is 7.52. The number of carboxylic acids is 1. The molecule has 0 aliphatic rings. The van der Waals surface area contributed by atoms with Gasteiger partial charge in [0.05, 0.1) is 5.56 Å². The fourth-order valence-corrected chi connectivity index (χ4v) is 3.17. The number of rotatable bonds is 7. The molecule has 6 nitrogen and oxygen atoms in total. The van der Waals surface area contributed by atoms with Crippen LogP contribution >= 0.6 is 0 Å². The van der Waals surface area contributed by atoms with E-state index < -0.39 is 5.97 Å². The summed E-state index contributed by atoms with van der Waals surface area (Å²) in [5, 5.41) is 15.7. The number of benzene rings is 2. The highest BCUT2D eigenvalue weighted by Crippen LogP contribution is 2.34. The monoisotopic (exact) mass is 390 g/mol. The lowest BCUT2D eigenvalue weighted by Crippen LogP contribution is -2.07. The molecule has 0 unspecified atom stereocenters. The van der Waals surface area contributed by atoms with Gasteiger partial charge in [-0.15, -0.1) is 0 Å². The fourth-order valence-electron chi connectivity index (χ4n) is 3.17. The highest BCUT2D eigenvalue weighted by Gasteiger charge is 2.15. The molecule has 3 N–H and O–H groups in total. The van der Waals surface area contributed by atoms with Crippen LogP contribution in [0.2, 0.25) is 0 Å². The Hall–Kier alpha value is -3.41. The van der Waals surface area contributed by atoms with Gasteiger partial charge in [-0.2, -0.15) is 4.98 Å². The van der Waals surface area contributed by atoms with Gasteiger partial charge in [0, 0.05) is 17.6 Å². The normalized spacial score (nSPS) is 11.0. The van der Waals surface area contributed by atoms with Crippen molar-refractivity contribution in [2.75, 3.05) is 10.6 Å². The van der Waals surface area contributed by atoms with E-state index in [9.17, 15) is 4.79 Å². The molecule has 0 fully saturated rings. The molecule has 1 heterocycles. The third-order valence-electron chi connectivity index (χ3n) is 4.65. The zero-order chi connectivity index (χ0) is 21.0. The van der Waals surface area contributed by atoms with Crippen LogP contribution in [0.4, 0.5) is 23.1 Å². The number of hydrogen-bond donors (Lipinski definition) is 3. The first-order chi connectivity index (χ1) is 13.8. The zero-order valence-corrected chi connectivity index (χ0v) is 17.1. The second-order valence-corrected chi connectivity index (χ2v) is 7.52. The van der Waals surface area contributed by atoms with Crippen molar-refractivity contribution in [2.45, 2.75) is 39.5 Å². The lowest BCUT2D eigenvalue weighted by molar-refractivity contribution is 0.0697. The van der Waals surface area contributed by atoms with E-state index in [2.05, 4.69) is 66.5 Å². The molecule has 0 radical (unpaired) electrons. The largest absolute Gasteiger partial charge is 0.478 e. The van der Waals surface area contributed by atoms with Gasteiger partial charge in [-0.25, -0.2) is 9.78 Å². The van der Waals surface area contributed by atoms with E-state index in [-0.39, 0.29) is 5.56 Å². The van der Waals surface area contributed by atoms with Crippen LogP contribution in [0.25, 0.3) is 0 Å². The minimum atomic E-state index is -0.967. The van der Waals surface area contributed by atoms with Crippen molar-refractivity contribution < 1.29 is 9.90 Å². The Labute approximate surface area is 171 Å². The third-order valence-corrected chi connectivity index (χ3v) is 4.65. The van der Waals surface area contributed by atoms with Crippen LogP contribution < -0.4 is 10.6 Å². The number of aromatic carboxylic acids is 1. The van der Waals surface area contributed by atoms with Gasteiger partial charge in [0.1, 0.15) is 5.82 Å². The Kier molecular flexibility index (Phi) is 6.12. The molecule has 6 heteroatoms. The van der Waals surface area contributed by atoms with E-state index in [1.807, 2.05) is 0 Å². The van der Waals surface area contributed by atoms with Gasteiger partial charge in [0.15, 0.2) is 0 Å². The van der Waals surface area contributed by atoms with E-state index in [4.69, 9.17) is 5.11 Å². The van der Waals surface area contributed by atoms with Gasteiger partial charge in [-0.1, -0.05) is 52.0 Å². The van der Waals surface area contributed by atoms with Crippen LogP contribution in [0.15, 0.2) is 54.7 Å². The minimum Gasteiger partial charge on any atom is -0.478 e. The molecule has 29 heavy (non-hydrogen) atoms. The first kappa shape index (κ1) is 20.3. The van der Waals surface area contributed by atoms with Gasteiger partial charge in [0.2, 0.25) is 5.95 Å². The Balaban J connectivity index is 1.90. The van der Waals surface area contributed by atoms with Crippen molar-refractivity contribution in [3.8, 4) is 0 Å². The van der Waals surface area contributed by atoms with Crippen LogP contribution in [0.5, 0.6) is 0 Å². The number of anilines is 4. The predicted octanol–water partition coefficient (Wildman–Crippen LogP) is 5.91. The van der Waals surface area contributed by atoms with Gasteiger partial charge in [-0.3, -0.25) is 0 Å². The summed E-state index contributed by atoms with van der Waals surface area (Å²) in [5.41, 5.74) is 4.34. The summed E-state index contributed by atoms with van der Waals surface area (Å²) in [7, 11) is 0. The molecular weight excluding hydrogens is 364 g/mol. The molecule has 3 rings (SSSR count). The molecular formula is C23H26N4O2. The van der Waals surface area contributed by atoms with Crippen molar-refractivity contribution in [1.82, 2.24) is 9.97 Å². The summed E-state index contributed by atoms with van der Waals surface area (Å²) in [4.78, 5) is 20.1. The number of aromatic nitrogens is 2. The molecule has 1 aromatic heterocycles. The summed E-state index contributed by atoms with van der Waals surface area (Å²) < 4.78 is 0. The van der Waals surface area contributed by atoms with Crippen molar-refractivity contribution >= 4 is 29.1 Å². The smallest absolute Gasteiger partial charge is 0.335 e. The van der Waals surface area contributed by atoms with Gasteiger partial charge >= 0.3 is 5.97 Å². The van der Waals surface area contributed by atoms with E-state index in [0.29, 0.717) is 29.3 Å². The quantitative estimate of drug-likeness (QED) is 0.465. The molecule has 0 aliphatic heterocycles. The van der Waals surface area contributed by atoms with Crippen molar-refractivity contribution in [3.63, 3.8) is 0 Å². The van der Waals surface area contributed by atoms with Gasteiger partial charge in [-0.05, 0) is 47.2 Å². The highest BCUT2D eigenvalue weighted by molar-refractivity contribution is 5.89. The molecule has 2 aromatic carbocycles. The molecule has 0 aliphatic carbocycles. The Morgan fingerprint density at radius 3 is 2.21 bits per heavy atom. The van der Waals surface area contributed by atoms with Gasteiger partial charge < -0.3 is 15.7 Å². The average Bonchev–Trinajstić information content (AvgIpc) is 2.68. The zero-order valence-electron chi connectivity index (χ0n) is 17.1. The second kappa shape index (κ2) is 8.73. The average molecular weight is 390 g/mol. The Morgan fingerprint density at radius 1 is 0.931 bits per heavy atom. The Bertz CT molecular complexity index is 989. The number of para-hydroxylation sites is 1. The summed E-state index contributed by atoms with van der Waals surface area (Å²) in [6.45, 7) is 8.66. The third kappa shape index (κ3) is 4.90. The van der Waals surface area contributed by atoms with Crippen molar-refractivity contribution in [1.29, 1.82) is 0 Å². The maximum Gasteiger partial charge on any atom is 0.335 e. The summed E-state index contributed by atoms with van der Waals surface area (Å²) >= 11 is 0. The van der Waals surface area contributed by atoms with Crippen LogP contribution in [0, 0.1) is 0 Å². The van der Waals surface area contributed by atoms with Crippen LogP contribution in [0.3, 0.4) is 0 Å². The first-order valence-corrected chi connectivity index (χ1v) is 9.68. The molecule has 3 aromatic rings. The van der Waals surface area contributed by atoms with E-state index in [1.54, 1.807) is 36.5 Å². The number of hydrogen-bond acceptors (Lipinski definition) is 5. The SMILES string of the molecule is CC(C)c1cccc(C(C)C)c1Nc1nccc(Nc2cccc(C(=O)O)c2)n1. The topological polar surface area (TPSA) is 87.1 Å². The number of nitrogens with one attached hydrogen (secondary N) is 2. The highest BCUT2D eigenvalue weighted by atomic mass is 16.4. The van der Waals surface area contributed by atoms with E-state index >= 15 is 0 Å². The van der Waals surface area contributed by atoms with Gasteiger partial charge in [0.25, 0.3) is 0 Å². The maximum absolute atomic E-state index is 11.2. The molecule has 0 saturated heterocycles. The molecule has 0 bridgehead atoms. The predicted molar refractivity (Wildman–Crippen MR) is 117 cm³/mol. The summed E-state index contributed by atoms with van der Waals surface area (Å²) in [6, 6.07) is 14.7. The maximum atomic E-state index is 11.2. The molecule has 0 atom stereocenters. The van der Waals surface area contributed by atoms with Crippen molar-refractivity contribution in [2.24, 2.45) is 0 Å². The van der Waals surface area contributed by atoms with E-state index in [0.717, 1.165) is 5.69 Å². The lowest BCUT2D eigenvalue weighted by atomic mass is 9.93. The molecule has 0 spiro atoms. The standard InChI is InChI=1S/C23H26N4O2/c1-14(2)18-9-6-10-19(15(3)4)21(18)27-23-24-12-11-20(26-23)25-17-8-5-7-16(13-17)22(28)29/h5-15H,1-4H3,(H,28,29)(H2,24,25,26,27). The number of carbonyl (C=O) groups is 1. The molecule has 0 saturated carbocycles. The first-order valence-electron chi connectivity index (χ1n) is 9.68. The Morgan fingerprint density at radius 2 is 1.59 bits per heavy atom. The molecule has 150 valence electrons. The summed E-state index contributed by atoms with van der Waals surface area (Å²) in [5.74, 6) is 0.815. The van der Waals surface area contributed by atoms with Crippen molar-refractivity contribution in [3.05, 3.63) is 71.4 Å². The van der Waals surface area contributed by atoms with Crippen LogP contribution in [-0.2, 0) is 0 Å². The minimum absolute atomic E-state index is 0.217. The van der Waals surface area contributed by atoms with E-state index in [1.165, 1.54) is 11.1 Å². The van der Waals surface area contributed by atoms with Crippen LogP contribution in [-0.4, -0.2) is 21.0 Å². The lowest BCUT2D eigenvalue weighted by Gasteiger charge is -2.20. The number of carboxylic acid groups (broad SMARTS) is 1. The summed E-state index contributed by atoms with van der Waals surface area (Å²) in [6.07, 6.45) is 1.67.